The molecule has 0 atom stereocenters. The highest BCUT2D eigenvalue weighted by molar-refractivity contribution is 7.92. The number of rotatable bonds is 3. The third-order valence-corrected chi connectivity index (χ3v) is 4.44. The summed E-state index contributed by atoms with van der Waals surface area (Å²) in [6, 6.07) is 5.25. The third-order valence-electron chi connectivity index (χ3n) is 3.84. The molecule has 26 heavy (non-hydrogen) atoms. The lowest BCUT2D eigenvalue weighted by Crippen LogP contribution is -2.39. The van der Waals surface area contributed by atoms with Crippen molar-refractivity contribution in [1.82, 2.24) is 4.90 Å². The number of anilines is 3. The van der Waals surface area contributed by atoms with Crippen LogP contribution in [0.15, 0.2) is 18.2 Å². The van der Waals surface area contributed by atoms with Crippen LogP contribution in [-0.4, -0.2) is 57.4 Å². The van der Waals surface area contributed by atoms with Crippen LogP contribution in [0.5, 0.6) is 0 Å². The van der Waals surface area contributed by atoms with Crippen LogP contribution in [0.1, 0.15) is 27.2 Å². The minimum atomic E-state index is -3.41. The number of nitrogen functional groups attached to an aromatic ring is 1. The molecule has 1 aliphatic rings. The van der Waals surface area contributed by atoms with Crippen molar-refractivity contribution in [3.63, 3.8) is 0 Å². The highest BCUT2D eigenvalue weighted by atomic mass is 32.2. The highest BCUT2D eigenvalue weighted by Gasteiger charge is 2.24. The number of nitrogens with zero attached hydrogens (tertiary/aromatic N) is 2. The highest BCUT2D eigenvalue weighted by Crippen LogP contribution is 2.27. The van der Waals surface area contributed by atoms with Gasteiger partial charge in [-0.15, -0.1) is 0 Å². The normalized spacial score (nSPS) is 16.2. The van der Waals surface area contributed by atoms with E-state index in [-0.39, 0.29) is 6.09 Å². The summed E-state index contributed by atoms with van der Waals surface area (Å²) >= 11 is 0. The fourth-order valence-corrected chi connectivity index (χ4v) is 3.29. The molecule has 3 N–H and O–H groups in total. The van der Waals surface area contributed by atoms with Crippen LogP contribution < -0.4 is 15.4 Å². The van der Waals surface area contributed by atoms with Crippen molar-refractivity contribution in [2.45, 2.75) is 32.8 Å². The summed E-state index contributed by atoms with van der Waals surface area (Å²) in [6.07, 6.45) is 1.57. The number of benzene rings is 1. The number of hydrogen-bond acceptors (Lipinski definition) is 6. The molecular formula is C17H28N4O4S. The van der Waals surface area contributed by atoms with Gasteiger partial charge in [0.1, 0.15) is 5.60 Å². The Balaban J connectivity index is 2.09. The van der Waals surface area contributed by atoms with Gasteiger partial charge in [0, 0.05) is 31.9 Å². The zero-order valence-corrected chi connectivity index (χ0v) is 16.6. The average molecular weight is 385 g/mol. The van der Waals surface area contributed by atoms with Gasteiger partial charge in [0.05, 0.1) is 17.6 Å². The molecule has 8 nitrogen and oxygen atoms in total. The number of carbonyl (C=O) groups excluding carboxylic acids is 1. The molecule has 1 aromatic carbocycles. The fraction of sp³-hybridized carbons (Fsp3) is 0.588. The van der Waals surface area contributed by atoms with E-state index < -0.39 is 15.6 Å². The van der Waals surface area contributed by atoms with E-state index in [0.29, 0.717) is 31.0 Å². The first-order valence-corrected chi connectivity index (χ1v) is 10.4. The predicted octanol–water partition coefficient (Wildman–Crippen LogP) is 2.09. The van der Waals surface area contributed by atoms with Gasteiger partial charge in [0.15, 0.2) is 0 Å². The van der Waals surface area contributed by atoms with Gasteiger partial charge in [-0.3, -0.25) is 4.72 Å². The Hall–Kier alpha value is -2.16. The van der Waals surface area contributed by atoms with Crippen LogP contribution in [0.3, 0.4) is 0 Å². The van der Waals surface area contributed by atoms with E-state index >= 15 is 0 Å². The maximum Gasteiger partial charge on any atom is 0.410 e. The maximum absolute atomic E-state index is 12.3. The summed E-state index contributed by atoms with van der Waals surface area (Å²) in [5.41, 5.74) is 6.92. The number of amides is 1. The summed E-state index contributed by atoms with van der Waals surface area (Å²) < 4.78 is 30.9. The second kappa shape index (κ2) is 7.61. The van der Waals surface area contributed by atoms with Gasteiger partial charge in [-0.2, -0.15) is 0 Å². The zero-order valence-electron chi connectivity index (χ0n) is 15.8. The Morgan fingerprint density at radius 3 is 2.50 bits per heavy atom. The smallest absolute Gasteiger partial charge is 0.410 e. The Labute approximate surface area is 155 Å². The Bertz CT molecular complexity index is 759. The van der Waals surface area contributed by atoms with Crippen molar-refractivity contribution in [3.05, 3.63) is 18.2 Å². The maximum atomic E-state index is 12.3. The van der Waals surface area contributed by atoms with Crippen molar-refractivity contribution in [2.75, 3.05) is 47.8 Å². The van der Waals surface area contributed by atoms with Gasteiger partial charge in [-0.25, -0.2) is 13.2 Å². The van der Waals surface area contributed by atoms with Crippen LogP contribution in [0.2, 0.25) is 0 Å². The van der Waals surface area contributed by atoms with Gasteiger partial charge >= 0.3 is 6.09 Å². The first-order chi connectivity index (χ1) is 11.9. The van der Waals surface area contributed by atoms with E-state index in [2.05, 4.69) is 9.62 Å². The molecule has 1 heterocycles. The van der Waals surface area contributed by atoms with E-state index in [1.54, 1.807) is 17.0 Å². The largest absolute Gasteiger partial charge is 0.444 e. The molecular weight excluding hydrogens is 356 g/mol. The van der Waals surface area contributed by atoms with E-state index in [9.17, 15) is 13.2 Å². The average Bonchev–Trinajstić information content (AvgIpc) is 2.72. The SMILES string of the molecule is CC(C)(C)OC(=O)N1CCCN(c2ccc(N)c(NS(C)(=O)=O)c2)CC1. The summed E-state index contributed by atoms with van der Waals surface area (Å²) in [5, 5.41) is 0. The van der Waals surface area contributed by atoms with Crippen LogP contribution in [0.4, 0.5) is 21.9 Å². The van der Waals surface area contributed by atoms with Gasteiger partial charge in [0.2, 0.25) is 10.0 Å². The van der Waals surface area contributed by atoms with Crippen LogP contribution >= 0.6 is 0 Å². The molecule has 1 aromatic rings. The second-order valence-corrected chi connectivity index (χ2v) is 9.20. The van der Waals surface area contributed by atoms with Crippen LogP contribution in [0.25, 0.3) is 0 Å². The Kier molecular flexibility index (Phi) is 5.90. The summed E-state index contributed by atoms with van der Waals surface area (Å²) in [4.78, 5) is 16.1. The molecule has 0 saturated carbocycles. The van der Waals surface area contributed by atoms with E-state index in [1.807, 2.05) is 26.8 Å². The molecule has 1 fully saturated rings. The molecule has 9 heteroatoms. The standard InChI is InChI=1S/C17H28N4O4S/c1-17(2,3)25-16(22)21-9-5-8-20(10-11-21)13-6-7-14(18)15(12-13)19-26(4,23)24/h6-7,12,19H,5,8-11,18H2,1-4H3. The van der Waals surface area contributed by atoms with Crippen molar-refractivity contribution < 1.29 is 17.9 Å². The number of nitrogens with two attached hydrogens (primary N) is 1. The molecule has 0 radical (unpaired) electrons. The number of hydrogen-bond donors (Lipinski definition) is 2. The molecule has 2 rings (SSSR count). The number of carbonyl (C=O) groups is 1. The van der Waals surface area contributed by atoms with Gasteiger partial charge in [-0.05, 0) is 45.4 Å². The van der Waals surface area contributed by atoms with E-state index in [1.165, 1.54) is 0 Å². The summed E-state index contributed by atoms with van der Waals surface area (Å²) in [5.74, 6) is 0. The summed E-state index contributed by atoms with van der Waals surface area (Å²) in [6.45, 7) is 8.07. The molecule has 1 saturated heterocycles. The van der Waals surface area contributed by atoms with Crippen molar-refractivity contribution in [3.8, 4) is 0 Å². The third kappa shape index (κ3) is 5.98. The topological polar surface area (TPSA) is 105 Å². The van der Waals surface area contributed by atoms with Crippen LogP contribution in [-0.2, 0) is 14.8 Å². The number of nitrogens with one attached hydrogen (secondary N) is 1. The number of sulfonamides is 1. The first-order valence-electron chi connectivity index (χ1n) is 8.55. The predicted molar refractivity (Wildman–Crippen MR) is 104 cm³/mol. The fourth-order valence-electron chi connectivity index (χ4n) is 2.71. The lowest BCUT2D eigenvalue weighted by Gasteiger charge is -2.27. The van der Waals surface area contributed by atoms with Crippen molar-refractivity contribution in [2.24, 2.45) is 0 Å². The van der Waals surface area contributed by atoms with E-state index in [4.69, 9.17) is 10.5 Å². The molecule has 0 unspecified atom stereocenters. The molecule has 146 valence electrons. The lowest BCUT2D eigenvalue weighted by atomic mass is 10.2. The molecule has 0 aromatic heterocycles. The Morgan fingerprint density at radius 1 is 1.19 bits per heavy atom. The van der Waals surface area contributed by atoms with Gasteiger partial charge in [0.25, 0.3) is 0 Å². The molecule has 0 aliphatic carbocycles. The molecule has 0 spiro atoms. The van der Waals surface area contributed by atoms with Gasteiger partial charge < -0.3 is 20.3 Å². The lowest BCUT2D eigenvalue weighted by molar-refractivity contribution is 0.0263. The van der Waals surface area contributed by atoms with Crippen molar-refractivity contribution >= 4 is 33.2 Å². The van der Waals surface area contributed by atoms with E-state index in [0.717, 1.165) is 24.9 Å². The Morgan fingerprint density at radius 2 is 1.88 bits per heavy atom. The molecule has 0 bridgehead atoms. The monoisotopic (exact) mass is 384 g/mol. The number of ether oxygens (including phenoxy) is 1. The quantitative estimate of drug-likeness (QED) is 0.773. The zero-order chi connectivity index (χ0) is 19.5. The van der Waals surface area contributed by atoms with Crippen molar-refractivity contribution in [1.29, 1.82) is 0 Å². The second-order valence-electron chi connectivity index (χ2n) is 7.45. The first kappa shape index (κ1) is 20.2. The summed E-state index contributed by atoms with van der Waals surface area (Å²) in [7, 11) is -3.41. The van der Waals surface area contributed by atoms with Crippen LogP contribution in [0, 0.1) is 0 Å². The minimum Gasteiger partial charge on any atom is -0.444 e. The van der Waals surface area contributed by atoms with Gasteiger partial charge in [-0.1, -0.05) is 0 Å². The minimum absolute atomic E-state index is 0.309. The molecule has 1 amide bonds. The molecule has 1 aliphatic heterocycles.